The molecule has 0 saturated carbocycles. The van der Waals surface area contributed by atoms with Crippen LogP contribution in [0.3, 0.4) is 0 Å². The van der Waals surface area contributed by atoms with Gasteiger partial charge in [-0.3, -0.25) is 0 Å². The van der Waals surface area contributed by atoms with Crippen LogP contribution in [-0.4, -0.2) is 30.2 Å². The van der Waals surface area contributed by atoms with Crippen LogP contribution in [0.5, 0.6) is 0 Å². The SMILES string of the molecule is CSCCC(C)N(C)c1ccc(CO)c(C)c1. The first-order valence-electron chi connectivity index (χ1n) is 6.02. The van der Waals surface area contributed by atoms with E-state index in [4.69, 9.17) is 5.11 Å². The van der Waals surface area contributed by atoms with Crippen LogP contribution in [0.15, 0.2) is 18.2 Å². The van der Waals surface area contributed by atoms with Crippen LogP contribution in [0, 0.1) is 6.92 Å². The molecule has 1 rings (SSSR count). The number of hydrogen-bond acceptors (Lipinski definition) is 3. The van der Waals surface area contributed by atoms with Gasteiger partial charge in [0.25, 0.3) is 0 Å². The summed E-state index contributed by atoms with van der Waals surface area (Å²) in [6.45, 7) is 4.43. The standard InChI is InChI=1S/C14H23NOS/c1-11-9-14(6-5-13(11)10-16)15(3)12(2)7-8-17-4/h5-6,9,12,16H,7-8,10H2,1-4H3. The first kappa shape index (κ1) is 14.4. The molecule has 0 fully saturated rings. The molecule has 0 aliphatic heterocycles. The van der Waals surface area contributed by atoms with E-state index >= 15 is 0 Å². The molecule has 0 spiro atoms. The van der Waals surface area contributed by atoms with Crippen molar-refractivity contribution in [2.75, 3.05) is 24.0 Å². The Morgan fingerprint density at radius 3 is 2.65 bits per heavy atom. The minimum Gasteiger partial charge on any atom is -0.392 e. The van der Waals surface area contributed by atoms with Gasteiger partial charge in [0.1, 0.15) is 0 Å². The van der Waals surface area contributed by atoms with E-state index in [1.165, 1.54) is 17.9 Å². The predicted molar refractivity (Wildman–Crippen MR) is 78.0 cm³/mol. The van der Waals surface area contributed by atoms with Crippen molar-refractivity contribution in [2.24, 2.45) is 0 Å². The zero-order chi connectivity index (χ0) is 12.8. The summed E-state index contributed by atoms with van der Waals surface area (Å²) >= 11 is 1.89. The molecule has 0 aliphatic rings. The molecule has 0 aromatic heterocycles. The molecule has 17 heavy (non-hydrogen) atoms. The highest BCUT2D eigenvalue weighted by molar-refractivity contribution is 7.98. The fourth-order valence-corrected chi connectivity index (χ4v) is 2.39. The molecule has 1 atom stereocenters. The third-order valence-electron chi connectivity index (χ3n) is 3.30. The molecule has 0 amide bonds. The number of rotatable bonds is 6. The summed E-state index contributed by atoms with van der Waals surface area (Å²) in [5.41, 5.74) is 3.40. The van der Waals surface area contributed by atoms with Gasteiger partial charge < -0.3 is 10.0 Å². The second-order valence-electron chi connectivity index (χ2n) is 4.51. The molecule has 3 heteroatoms. The summed E-state index contributed by atoms with van der Waals surface area (Å²) in [4.78, 5) is 2.31. The van der Waals surface area contributed by atoms with Gasteiger partial charge in [-0.25, -0.2) is 0 Å². The minimum absolute atomic E-state index is 0.123. The molecule has 0 heterocycles. The Labute approximate surface area is 109 Å². The molecular formula is C14H23NOS. The monoisotopic (exact) mass is 253 g/mol. The topological polar surface area (TPSA) is 23.5 Å². The lowest BCUT2D eigenvalue weighted by Gasteiger charge is -2.27. The zero-order valence-corrected chi connectivity index (χ0v) is 12.0. The molecule has 1 aromatic carbocycles. The van der Waals surface area contributed by atoms with Gasteiger partial charge in [0.05, 0.1) is 6.61 Å². The Bertz CT molecular complexity index is 354. The van der Waals surface area contributed by atoms with Crippen molar-refractivity contribution in [1.82, 2.24) is 0 Å². The summed E-state index contributed by atoms with van der Waals surface area (Å²) < 4.78 is 0. The minimum atomic E-state index is 0.123. The largest absolute Gasteiger partial charge is 0.392 e. The highest BCUT2D eigenvalue weighted by atomic mass is 32.2. The molecule has 1 unspecified atom stereocenters. The number of hydrogen-bond donors (Lipinski definition) is 1. The Hall–Kier alpha value is -0.670. The highest BCUT2D eigenvalue weighted by Gasteiger charge is 2.10. The predicted octanol–water partition coefficient (Wildman–Crippen LogP) is 3.07. The van der Waals surface area contributed by atoms with Gasteiger partial charge in [-0.2, -0.15) is 11.8 Å². The van der Waals surface area contributed by atoms with Crippen molar-refractivity contribution in [3.8, 4) is 0 Å². The third-order valence-corrected chi connectivity index (χ3v) is 3.95. The van der Waals surface area contributed by atoms with Gasteiger partial charge in [0.2, 0.25) is 0 Å². The fraction of sp³-hybridized carbons (Fsp3) is 0.571. The van der Waals surface area contributed by atoms with Gasteiger partial charge in [-0.1, -0.05) is 6.07 Å². The van der Waals surface area contributed by atoms with E-state index in [2.05, 4.69) is 44.2 Å². The van der Waals surface area contributed by atoms with Gasteiger partial charge in [-0.05, 0) is 55.5 Å². The summed E-state index contributed by atoms with van der Waals surface area (Å²) in [7, 11) is 2.14. The van der Waals surface area contributed by atoms with Crippen molar-refractivity contribution in [1.29, 1.82) is 0 Å². The third kappa shape index (κ3) is 3.93. The van der Waals surface area contributed by atoms with Gasteiger partial charge in [0.15, 0.2) is 0 Å². The summed E-state index contributed by atoms with van der Waals surface area (Å²) in [6, 6.07) is 6.81. The van der Waals surface area contributed by atoms with Crippen LogP contribution in [0.2, 0.25) is 0 Å². The van der Waals surface area contributed by atoms with Crippen molar-refractivity contribution in [3.05, 3.63) is 29.3 Å². The second kappa shape index (κ2) is 6.92. The Kier molecular flexibility index (Phi) is 5.86. The van der Waals surface area contributed by atoms with Crippen LogP contribution in [0.25, 0.3) is 0 Å². The molecule has 96 valence electrons. The Balaban J connectivity index is 2.74. The van der Waals surface area contributed by atoms with Crippen LogP contribution in [-0.2, 0) is 6.61 Å². The van der Waals surface area contributed by atoms with E-state index in [0.29, 0.717) is 6.04 Å². The van der Waals surface area contributed by atoms with E-state index in [-0.39, 0.29) is 6.61 Å². The normalized spacial score (nSPS) is 12.5. The number of aliphatic hydroxyl groups excluding tert-OH is 1. The highest BCUT2D eigenvalue weighted by Crippen LogP contribution is 2.21. The molecular weight excluding hydrogens is 230 g/mol. The van der Waals surface area contributed by atoms with Gasteiger partial charge in [-0.15, -0.1) is 0 Å². The quantitative estimate of drug-likeness (QED) is 0.843. The lowest BCUT2D eigenvalue weighted by atomic mass is 10.1. The molecule has 1 N–H and O–H groups in total. The smallest absolute Gasteiger partial charge is 0.0684 e. The maximum absolute atomic E-state index is 9.16. The van der Waals surface area contributed by atoms with Crippen molar-refractivity contribution in [3.63, 3.8) is 0 Å². The molecule has 2 nitrogen and oxygen atoms in total. The average Bonchev–Trinajstić information content (AvgIpc) is 2.34. The number of anilines is 1. The summed E-state index contributed by atoms with van der Waals surface area (Å²) in [5.74, 6) is 1.19. The Morgan fingerprint density at radius 1 is 1.41 bits per heavy atom. The van der Waals surface area contributed by atoms with E-state index in [9.17, 15) is 0 Å². The number of aliphatic hydroxyl groups is 1. The van der Waals surface area contributed by atoms with E-state index in [0.717, 1.165) is 11.1 Å². The molecule has 0 aliphatic carbocycles. The fourth-order valence-electron chi connectivity index (χ4n) is 1.81. The number of thioether (sulfide) groups is 1. The van der Waals surface area contributed by atoms with Crippen molar-refractivity contribution < 1.29 is 5.11 Å². The summed E-state index contributed by atoms with van der Waals surface area (Å²) in [6.07, 6.45) is 3.34. The summed E-state index contributed by atoms with van der Waals surface area (Å²) in [5, 5.41) is 9.16. The van der Waals surface area contributed by atoms with Crippen LogP contribution >= 0.6 is 11.8 Å². The van der Waals surface area contributed by atoms with Crippen molar-refractivity contribution in [2.45, 2.75) is 32.9 Å². The first-order valence-corrected chi connectivity index (χ1v) is 7.41. The number of aryl methyl sites for hydroxylation is 1. The lowest BCUT2D eigenvalue weighted by molar-refractivity contribution is 0.281. The zero-order valence-electron chi connectivity index (χ0n) is 11.2. The lowest BCUT2D eigenvalue weighted by Crippen LogP contribution is -2.29. The average molecular weight is 253 g/mol. The molecule has 1 aromatic rings. The van der Waals surface area contributed by atoms with Crippen LogP contribution in [0.1, 0.15) is 24.5 Å². The van der Waals surface area contributed by atoms with Crippen molar-refractivity contribution >= 4 is 17.4 Å². The van der Waals surface area contributed by atoms with Gasteiger partial charge in [0, 0.05) is 18.8 Å². The number of nitrogens with zero attached hydrogens (tertiary/aromatic N) is 1. The first-order chi connectivity index (χ1) is 8.10. The van der Waals surface area contributed by atoms with Crippen LogP contribution < -0.4 is 4.90 Å². The molecule has 0 bridgehead atoms. The maximum atomic E-state index is 9.16. The maximum Gasteiger partial charge on any atom is 0.0684 e. The molecule has 0 radical (unpaired) electrons. The van der Waals surface area contributed by atoms with E-state index < -0.39 is 0 Å². The van der Waals surface area contributed by atoms with E-state index in [1.807, 2.05) is 17.8 Å². The van der Waals surface area contributed by atoms with Gasteiger partial charge >= 0.3 is 0 Å². The number of benzene rings is 1. The second-order valence-corrected chi connectivity index (χ2v) is 5.50. The Morgan fingerprint density at radius 2 is 2.12 bits per heavy atom. The van der Waals surface area contributed by atoms with E-state index in [1.54, 1.807) is 0 Å². The van der Waals surface area contributed by atoms with Crippen LogP contribution in [0.4, 0.5) is 5.69 Å². The molecule has 0 saturated heterocycles.